The van der Waals surface area contributed by atoms with Crippen LogP contribution in [0.15, 0.2) is 85.3 Å². The molecular formula is C29H22FN5S. The molecule has 0 spiro atoms. The van der Waals surface area contributed by atoms with E-state index < -0.39 is 0 Å². The number of nitrogens with zero attached hydrogens (tertiary/aromatic N) is 2. The molecule has 0 amide bonds. The number of hydrogen-bond acceptors (Lipinski definition) is 4. The average Bonchev–Trinajstić information content (AvgIpc) is 3.30. The third-order valence-corrected chi connectivity index (χ3v) is 7.67. The maximum absolute atomic E-state index is 13.7. The standard InChI is InChI=1S/C29H22FN5S/c1-16(17-5-6-17)32-20-11-19(14-31-15-20)18-7-8-25-23(12-18)29(35-34-25)26-13-22-21(3-2-4-24(22)33-26)27-9-10-28(30)36-27/h2-4,7-15,17,32-33H,1,5-6H2,(H,34,35). The number of nitrogens with one attached hydrogen (secondary N) is 3. The minimum atomic E-state index is -0.186. The zero-order valence-corrected chi connectivity index (χ0v) is 20.1. The molecule has 1 aliphatic carbocycles. The van der Waals surface area contributed by atoms with Gasteiger partial charge in [0.15, 0.2) is 5.13 Å². The second-order valence-electron chi connectivity index (χ2n) is 9.27. The molecule has 1 saturated carbocycles. The number of hydrogen-bond donors (Lipinski definition) is 3. The molecule has 4 heterocycles. The zero-order valence-electron chi connectivity index (χ0n) is 19.3. The molecule has 6 aromatic rings. The number of allylic oxidation sites excluding steroid dienone is 1. The number of anilines is 1. The van der Waals surface area contributed by atoms with E-state index in [1.807, 2.05) is 42.7 Å². The van der Waals surface area contributed by atoms with Crippen molar-refractivity contribution in [3.63, 3.8) is 0 Å². The molecule has 0 aliphatic heterocycles. The lowest BCUT2D eigenvalue weighted by atomic mass is 10.0. The molecule has 4 aromatic heterocycles. The summed E-state index contributed by atoms with van der Waals surface area (Å²) in [7, 11) is 0. The number of halogens is 1. The Labute approximate surface area is 210 Å². The minimum Gasteiger partial charge on any atom is -0.358 e. The Hall–Kier alpha value is -4.23. The molecule has 36 heavy (non-hydrogen) atoms. The number of benzene rings is 2. The van der Waals surface area contributed by atoms with Gasteiger partial charge >= 0.3 is 0 Å². The second kappa shape index (κ2) is 8.17. The van der Waals surface area contributed by atoms with Gasteiger partial charge in [0.2, 0.25) is 0 Å². The fourth-order valence-electron chi connectivity index (χ4n) is 4.74. The molecule has 176 valence electrons. The molecule has 7 heteroatoms. The highest BCUT2D eigenvalue weighted by Gasteiger charge is 2.24. The van der Waals surface area contributed by atoms with Crippen molar-refractivity contribution in [3.05, 3.63) is 90.5 Å². The molecule has 0 radical (unpaired) electrons. The predicted octanol–water partition coefficient (Wildman–Crippen LogP) is 7.98. The molecule has 7 rings (SSSR count). The fraction of sp³-hybridized carbons (Fsp3) is 0.103. The van der Waals surface area contributed by atoms with Crippen LogP contribution in [0.4, 0.5) is 10.1 Å². The maximum atomic E-state index is 13.7. The Bertz CT molecular complexity index is 1770. The van der Waals surface area contributed by atoms with Crippen LogP contribution in [0.5, 0.6) is 0 Å². The summed E-state index contributed by atoms with van der Waals surface area (Å²) in [4.78, 5) is 8.87. The van der Waals surface area contributed by atoms with Crippen molar-refractivity contribution in [1.29, 1.82) is 0 Å². The van der Waals surface area contributed by atoms with Gasteiger partial charge in [0, 0.05) is 44.2 Å². The van der Waals surface area contributed by atoms with Crippen LogP contribution in [0.3, 0.4) is 0 Å². The fourth-order valence-corrected chi connectivity index (χ4v) is 5.51. The van der Waals surface area contributed by atoms with Gasteiger partial charge in [-0.2, -0.15) is 9.49 Å². The van der Waals surface area contributed by atoms with E-state index in [0.717, 1.165) is 77.5 Å². The number of pyridine rings is 1. The number of aromatic amines is 2. The van der Waals surface area contributed by atoms with Gasteiger partial charge in [0.1, 0.15) is 5.69 Å². The van der Waals surface area contributed by atoms with Crippen LogP contribution in [0.2, 0.25) is 0 Å². The molecule has 0 saturated heterocycles. The van der Waals surface area contributed by atoms with Crippen LogP contribution in [-0.2, 0) is 0 Å². The van der Waals surface area contributed by atoms with E-state index in [1.165, 1.54) is 18.9 Å². The first kappa shape index (κ1) is 21.1. The van der Waals surface area contributed by atoms with E-state index >= 15 is 0 Å². The topological polar surface area (TPSA) is 69.4 Å². The highest BCUT2D eigenvalue weighted by Crippen LogP contribution is 2.38. The summed E-state index contributed by atoms with van der Waals surface area (Å²) >= 11 is 1.16. The van der Waals surface area contributed by atoms with Crippen molar-refractivity contribution in [3.8, 4) is 33.0 Å². The van der Waals surface area contributed by atoms with E-state index in [1.54, 1.807) is 0 Å². The SMILES string of the molecule is C=C(Nc1cncc(-c2ccc3[nH]nc(-c4cc5c(-c6ccc(F)s6)cccc5[nH]4)c3c2)c1)C1CC1. The number of fused-ring (bicyclic) bond motifs is 2. The third-order valence-electron chi connectivity index (χ3n) is 6.77. The third kappa shape index (κ3) is 3.69. The molecule has 0 atom stereocenters. The van der Waals surface area contributed by atoms with Crippen LogP contribution in [0.1, 0.15) is 12.8 Å². The summed E-state index contributed by atoms with van der Waals surface area (Å²) in [5.74, 6) is 0.578. The Morgan fingerprint density at radius 1 is 0.972 bits per heavy atom. The van der Waals surface area contributed by atoms with E-state index in [0.29, 0.717) is 5.92 Å². The Morgan fingerprint density at radius 3 is 2.72 bits per heavy atom. The summed E-state index contributed by atoms with van der Waals surface area (Å²) in [5, 5.41) is 13.1. The maximum Gasteiger partial charge on any atom is 0.176 e. The first-order valence-electron chi connectivity index (χ1n) is 11.9. The monoisotopic (exact) mass is 491 g/mol. The number of rotatable bonds is 6. The van der Waals surface area contributed by atoms with Gasteiger partial charge in [-0.25, -0.2) is 0 Å². The van der Waals surface area contributed by atoms with Crippen molar-refractivity contribution in [2.24, 2.45) is 5.92 Å². The highest BCUT2D eigenvalue weighted by atomic mass is 32.1. The van der Waals surface area contributed by atoms with Crippen LogP contribution in [0.25, 0.3) is 54.8 Å². The van der Waals surface area contributed by atoms with Crippen molar-refractivity contribution >= 4 is 38.8 Å². The molecule has 3 N–H and O–H groups in total. The van der Waals surface area contributed by atoms with Gasteiger partial charge in [0.05, 0.1) is 23.1 Å². The number of aromatic nitrogens is 4. The van der Waals surface area contributed by atoms with E-state index in [4.69, 9.17) is 0 Å². The molecule has 0 unspecified atom stereocenters. The lowest BCUT2D eigenvalue weighted by Crippen LogP contribution is -2.00. The quantitative estimate of drug-likeness (QED) is 0.221. The molecule has 5 nitrogen and oxygen atoms in total. The Kier molecular flexibility index (Phi) is 4.79. The van der Waals surface area contributed by atoms with Crippen molar-refractivity contribution in [2.75, 3.05) is 5.32 Å². The van der Waals surface area contributed by atoms with Crippen LogP contribution < -0.4 is 5.32 Å². The van der Waals surface area contributed by atoms with Crippen LogP contribution in [0, 0.1) is 11.0 Å². The van der Waals surface area contributed by atoms with Gasteiger partial charge < -0.3 is 10.3 Å². The second-order valence-corrected chi connectivity index (χ2v) is 10.3. The number of thiophene rings is 1. The zero-order chi connectivity index (χ0) is 24.2. The largest absolute Gasteiger partial charge is 0.358 e. The summed E-state index contributed by atoms with van der Waals surface area (Å²) in [6, 6.07) is 19.9. The van der Waals surface area contributed by atoms with E-state index in [2.05, 4.69) is 56.3 Å². The smallest absolute Gasteiger partial charge is 0.176 e. The van der Waals surface area contributed by atoms with Gasteiger partial charge in [-0.05, 0) is 66.8 Å². The van der Waals surface area contributed by atoms with Crippen LogP contribution >= 0.6 is 11.3 Å². The molecule has 2 aromatic carbocycles. The van der Waals surface area contributed by atoms with E-state index in [-0.39, 0.29) is 5.13 Å². The van der Waals surface area contributed by atoms with Gasteiger partial charge in [-0.1, -0.05) is 24.8 Å². The Morgan fingerprint density at radius 2 is 1.89 bits per heavy atom. The van der Waals surface area contributed by atoms with Crippen molar-refractivity contribution in [2.45, 2.75) is 12.8 Å². The first-order valence-corrected chi connectivity index (χ1v) is 12.7. The normalized spacial score (nSPS) is 13.5. The minimum absolute atomic E-state index is 0.186. The molecular weight excluding hydrogens is 469 g/mol. The summed E-state index contributed by atoms with van der Waals surface area (Å²) in [5.41, 5.74) is 8.80. The molecule has 1 aliphatic rings. The van der Waals surface area contributed by atoms with Crippen molar-refractivity contribution < 1.29 is 4.39 Å². The first-order chi connectivity index (χ1) is 17.6. The van der Waals surface area contributed by atoms with E-state index in [9.17, 15) is 4.39 Å². The van der Waals surface area contributed by atoms with Crippen LogP contribution in [-0.4, -0.2) is 20.2 Å². The molecule has 0 bridgehead atoms. The summed E-state index contributed by atoms with van der Waals surface area (Å²) in [6.45, 7) is 4.17. The van der Waals surface area contributed by atoms with Gasteiger partial charge in [-0.3, -0.25) is 10.1 Å². The van der Waals surface area contributed by atoms with Gasteiger partial charge in [-0.15, -0.1) is 11.3 Å². The van der Waals surface area contributed by atoms with Crippen molar-refractivity contribution in [1.82, 2.24) is 20.2 Å². The Balaban J connectivity index is 1.28. The van der Waals surface area contributed by atoms with Gasteiger partial charge in [0.25, 0.3) is 0 Å². The lowest BCUT2D eigenvalue weighted by molar-refractivity contribution is 0.657. The number of H-pyrrole nitrogens is 2. The molecule has 1 fully saturated rings. The lowest BCUT2D eigenvalue weighted by Gasteiger charge is -2.10. The summed E-state index contributed by atoms with van der Waals surface area (Å²) in [6.07, 6.45) is 6.12. The predicted molar refractivity (Wildman–Crippen MR) is 145 cm³/mol. The average molecular weight is 492 g/mol. The summed E-state index contributed by atoms with van der Waals surface area (Å²) < 4.78 is 13.7. The highest BCUT2D eigenvalue weighted by molar-refractivity contribution is 7.14.